The summed E-state index contributed by atoms with van der Waals surface area (Å²) in [5.74, 6) is 1.58. The van der Waals surface area contributed by atoms with Crippen molar-refractivity contribution in [2.24, 2.45) is 0 Å². The molecule has 0 bridgehead atoms. The van der Waals surface area contributed by atoms with E-state index in [0.717, 1.165) is 29.1 Å². The van der Waals surface area contributed by atoms with Gasteiger partial charge in [-0.1, -0.05) is 72.8 Å². The van der Waals surface area contributed by atoms with Gasteiger partial charge in [-0.25, -0.2) is 0 Å². The molecule has 4 heteroatoms. The Balaban J connectivity index is 1.95. The molecule has 0 aliphatic rings. The first-order chi connectivity index (χ1) is 13.7. The molecule has 0 heterocycles. The summed E-state index contributed by atoms with van der Waals surface area (Å²) in [5, 5.41) is 3.55. The molecule has 2 aromatic carbocycles. The van der Waals surface area contributed by atoms with Gasteiger partial charge < -0.3 is 14.8 Å². The summed E-state index contributed by atoms with van der Waals surface area (Å²) in [6.45, 7) is 9.38. The minimum atomic E-state index is 0.536. The minimum absolute atomic E-state index is 0.536. The number of halogens is 1. The number of ether oxygens (including phenoxy) is 2. The standard InChI is InChI=1S/C24H34BrNO2/c1-4-6-7-8-11-14-26-17-21-15-23(27-5-2)24(16-22(21)25)28-18-20-13-10-9-12-19(20)3/h9-10,12-13,15-16,26H,4-8,11,14,17-18H2,1-3H3. The van der Waals surface area contributed by atoms with Gasteiger partial charge in [0.05, 0.1) is 6.61 Å². The van der Waals surface area contributed by atoms with Gasteiger partial charge in [-0.05, 0) is 55.6 Å². The maximum atomic E-state index is 6.10. The second-order valence-electron chi connectivity index (χ2n) is 7.13. The molecule has 0 aromatic heterocycles. The first-order valence-corrected chi connectivity index (χ1v) is 11.3. The van der Waals surface area contributed by atoms with Crippen LogP contribution in [0.15, 0.2) is 40.9 Å². The van der Waals surface area contributed by atoms with E-state index in [1.165, 1.54) is 48.8 Å². The average Bonchev–Trinajstić information content (AvgIpc) is 2.69. The lowest BCUT2D eigenvalue weighted by molar-refractivity contribution is 0.268. The third-order valence-corrected chi connectivity index (χ3v) is 5.57. The monoisotopic (exact) mass is 447 g/mol. The summed E-state index contributed by atoms with van der Waals surface area (Å²) in [4.78, 5) is 0. The molecular formula is C24H34BrNO2. The van der Waals surface area contributed by atoms with E-state index in [9.17, 15) is 0 Å². The number of benzene rings is 2. The van der Waals surface area contributed by atoms with E-state index in [0.29, 0.717) is 13.2 Å². The van der Waals surface area contributed by atoms with Crippen molar-refractivity contribution in [2.75, 3.05) is 13.2 Å². The summed E-state index contributed by atoms with van der Waals surface area (Å²) >= 11 is 3.70. The molecule has 0 amide bonds. The van der Waals surface area contributed by atoms with Crippen LogP contribution < -0.4 is 14.8 Å². The van der Waals surface area contributed by atoms with Gasteiger partial charge >= 0.3 is 0 Å². The number of hydrogen-bond acceptors (Lipinski definition) is 3. The van der Waals surface area contributed by atoms with E-state index in [-0.39, 0.29) is 0 Å². The van der Waals surface area contributed by atoms with E-state index in [1.807, 2.05) is 25.1 Å². The molecule has 1 N–H and O–H groups in total. The van der Waals surface area contributed by atoms with Crippen molar-refractivity contribution in [3.05, 3.63) is 57.6 Å². The van der Waals surface area contributed by atoms with E-state index in [2.05, 4.69) is 53.3 Å². The zero-order valence-electron chi connectivity index (χ0n) is 17.5. The lowest BCUT2D eigenvalue weighted by Gasteiger charge is -2.16. The first kappa shape index (κ1) is 22.8. The average molecular weight is 448 g/mol. The second kappa shape index (κ2) is 12.8. The predicted octanol–water partition coefficient (Wildman–Crippen LogP) is 6.80. The number of aryl methyl sites for hydroxylation is 1. The zero-order chi connectivity index (χ0) is 20.2. The SMILES string of the molecule is CCCCCCCNCc1cc(OCC)c(OCc2ccccc2C)cc1Br. The second-order valence-corrected chi connectivity index (χ2v) is 7.98. The highest BCUT2D eigenvalue weighted by Crippen LogP contribution is 2.34. The van der Waals surface area contributed by atoms with Crippen molar-refractivity contribution in [1.82, 2.24) is 5.32 Å². The molecule has 0 unspecified atom stereocenters. The van der Waals surface area contributed by atoms with Gasteiger partial charge in [-0.3, -0.25) is 0 Å². The van der Waals surface area contributed by atoms with Crippen LogP contribution in [-0.4, -0.2) is 13.2 Å². The van der Waals surface area contributed by atoms with E-state index in [1.54, 1.807) is 0 Å². The van der Waals surface area contributed by atoms with Crippen LogP contribution in [0.5, 0.6) is 11.5 Å². The molecule has 0 saturated carbocycles. The molecule has 0 fully saturated rings. The van der Waals surface area contributed by atoms with Crippen LogP contribution in [0.4, 0.5) is 0 Å². The fourth-order valence-electron chi connectivity index (χ4n) is 3.10. The highest BCUT2D eigenvalue weighted by molar-refractivity contribution is 9.10. The Kier molecular flexibility index (Phi) is 10.4. The first-order valence-electron chi connectivity index (χ1n) is 10.5. The van der Waals surface area contributed by atoms with E-state index < -0.39 is 0 Å². The van der Waals surface area contributed by atoms with Crippen molar-refractivity contribution in [1.29, 1.82) is 0 Å². The molecule has 0 spiro atoms. The molecule has 2 rings (SSSR count). The highest BCUT2D eigenvalue weighted by atomic mass is 79.9. The summed E-state index contributed by atoms with van der Waals surface area (Å²) in [6.07, 6.45) is 6.50. The van der Waals surface area contributed by atoms with Crippen molar-refractivity contribution in [2.45, 2.75) is 66.0 Å². The molecule has 2 aromatic rings. The zero-order valence-corrected chi connectivity index (χ0v) is 19.1. The number of hydrogen-bond donors (Lipinski definition) is 1. The molecule has 0 aliphatic heterocycles. The van der Waals surface area contributed by atoms with Gasteiger partial charge in [-0.2, -0.15) is 0 Å². The van der Waals surface area contributed by atoms with Crippen LogP contribution in [0.3, 0.4) is 0 Å². The van der Waals surface area contributed by atoms with E-state index >= 15 is 0 Å². The third-order valence-electron chi connectivity index (χ3n) is 4.83. The molecule has 3 nitrogen and oxygen atoms in total. The fourth-order valence-corrected chi connectivity index (χ4v) is 3.56. The molecular weight excluding hydrogens is 414 g/mol. The predicted molar refractivity (Wildman–Crippen MR) is 121 cm³/mol. The lowest BCUT2D eigenvalue weighted by atomic mass is 10.1. The maximum absolute atomic E-state index is 6.10. The summed E-state index contributed by atoms with van der Waals surface area (Å²) in [6, 6.07) is 12.4. The lowest BCUT2D eigenvalue weighted by Crippen LogP contribution is -2.15. The number of rotatable bonds is 13. The van der Waals surface area contributed by atoms with Gasteiger partial charge in [0.15, 0.2) is 11.5 Å². The van der Waals surface area contributed by atoms with Crippen LogP contribution in [0.2, 0.25) is 0 Å². The molecule has 0 saturated heterocycles. The summed E-state index contributed by atoms with van der Waals surface area (Å²) < 4.78 is 13.0. The van der Waals surface area contributed by atoms with Gasteiger partial charge in [-0.15, -0.1) is 0 Å². The molecule has 0 aliphatic carbocycles. The van der Waals surface area contributed by atoms with Crippen molar-refractivity contribution < 1.29 is 9.47 Å². The highest BCUT2D eigenvalue weighted by Gasteiger charge is 2.11. The van der Waals surface area contributed by atoms with Crippen LogP contribution >= 0.6 is 15.9 Å². The van der Waals surface area contributed by atoms with Crippen LogP contribution in [0, 0.1) is 6.92 Å². The van der Waals surface area contributed by atoms with Crippen LogP contribution in [0.25, 0.3) is 0 Å². The smallest absolute Gasteiger partial charge is 0.162 e. The van der Waals surface area contributed by atoms with Crippen LogP contribution in [-0.2, 0) is 13.2 Å². The Labute approximate surface area is 179 Å². The van der Waals surface area contributed by atoms with Gasteiger partial charge in [0.1, 0.15) is 6.61 Å². The van der Waals surface area contributed by atoms with E-state index in [4.69, 9.17) is 9.47 Å². The van der Waals surface area contributed by atoms with Gasteiger partial charge in [0, 0.05) is 11.0 Å². The van der Waals surface area contributed by atoms with Crippen LogP contribution in [0.1, 0.15) is 62.6 Å². The maximum Gasteiger partial charge on any atom is 0.162 e. The Morgan fingerprint density at radius 3 is 2.39 bits per heavy atom. The summed E-state index contributed by atoms with van der Waals surface area (Å²) in [5.41, 5.74) is 3.62. The largest absolute Gasteiger partial charge is 0.490 e. The van der Waals surface area contributed by atoms with Gasteiger partial charge in [0.2, 0.25) is 0 Å². The number of unbranched alkanes of at least 4 members (excludes halogenated alkanes) is 4. The van der Waals surface area contributed by atoms with Crippen molar-refractivity contribution in [3.8, 4) is 11.5 Å². The normalized spacial score (nSPS) is 10.9. The topological polar surface area (TPSA) is 30.5 Å². The third kappa shape index (κ3) is 7.48. The van der Waals surface area contributed by atoms with Crippen molar-refractivity contribution >= 4 is 15.9 Å². The Bertz CT molecular complexity index is 718. The molecule has 154 valence electrons. The Morgan fingerprint density at radius 1 is 0.893 bits per heavy atom. The Hall–Kier alpha value is -1.52. The summed E-state index contributed by atoms with van der Waals surface area (Å²) in [7, 11) is 0. The van der Waals surface area contributed by atoms with Gasteiger partial charge in [0.25, 0.3) is 0 Å². The number of nitrogens with one attached hydrogen (secondary N) is 1. The van der Waals surface area contributed by atoms with Crippen molar-refractivity contribution in [3.63, 3.8) is 0 Å². The quantitative estimate of drug-likeness (QED) is 0.342. The molecule has 0 radical (unpaired) electrons. The fraction of sp³-hybridized carbons (Fsp3) is 0.500. The molecule has 28 heavy (non-hydrogen) atoms. The minimum Gasteiger partial charge on any atom is -0.490 e. The molecule has 0 atom stereocenters. The Morgan fingerprint density at radius 2 is 1.64 bits per heavy atom.